The highest BCUT2D eigenvalue weighted by Gasteiger charge is 2.24. The Morgan fingerprint density at radius 3 is 2.52 bits per heavy atom. The lowest BCUT2D eigenvalue weighted by Crippen LogP contribution is -2.29. The molecule has 230 valence electrons. The minimum atomic E-state index is -0.558. The van der Waals surface area contributed by atoms with Crippen molar-refractivity contribution in [2.45, 2.75) is 49.7 Å². The van der Waals surface area contributed by atoms with Crippen molar-refractivity contribution >= 4 is 40.2 Å². The van der Waals surface area contributed by atoms with Gasteiger partial charge in [0.05, 0.1) is 36.1 Å². The van der Waals surface area contributed by atoms with Crippen molar-refractivity contribution in [2.75, 3.05) is 26.3 Å². The topological polar surface area (TPSA) is 130 Å². The third-order valence-corrected chi connectivity index (χ3v) is 8.48. The van der Waals surface area contributed by atoms with Gasteiger partial charge < -0.3 is 29.6 Å². The Hall–Kier alpha value is -4.71. The van der Waals surface area contributed by atoms with Crippen LogP contribution in [0.5, 0.6) is 23.0 Å². The average molecular weight is 619 g/mol. The first-order valence-electron chi connectivity index (χ1n) is 14.2. The summed E-state index contributed by atoms with van der Waals surface area (Å²) in [7, 11) is 3.14. The van der Waals surface area contributed by atoms with E-state index in [4.69, 9.17) is 23.9 Å². The molecule has 1 aliphatic rings. The number of amides is 2. The van der Waals surface area contributed by atoms with Crippen LogP contribution in [0.25, 0.3) is 10.9 Å². The first-order chi connectivity index (χ1) is 21.4. The molecule has 1 atom stereocenters. The normalized spacial score (nSPS) is 12.5. The van der Waals surface area contributed by atoms with Crippen LogP contribution in [0.2, 0.25) is 0 Å². The molecule has 2 amide bonds. The van der Waals surface area contributed by atoms with Crippen LogP contribution in [0.4, 0.5) is 5.69 Å². The summed E-state index contributed by atoms with van der Waals surface area (Å²) in [5, 5.41) is 6.04. The number of nitrogens with zero attached hydrogens (tertiary/aromatic N) is 2. The van der Waals surface area contributed by atoms with Crippen LogP contribution in [0.1, 0.15) is 31.7 Å². The molecule has 0 saturated heterocycles. The zero-order valence-electron chi connectivity index (χ0n) is 24.8. The number of rotatable bonds is 13. The van der Waals surface area contributed by atoms with Gasteiger partial charge in [0.25, 0.3) is 5.56 Å². The highest BCUT2D eigenvalue weighted by molar-refractivity contribution is 8.00. The third-order valence-electron chi connectivity index (χ3n) is 7.12. The smallest absolute Gasteiger partial charge is 0.262 e. The monoisotopic (exact) mass is 618 g/mol. The fourth-order valence-electron chi connectivity index (χ4n) is 4.72. The number of thioether (sulfide) groups is 1. The zero-order chi connectivity index (χ0) is 31.1. The van der Waals surface area contributed by atoms with Gasteiger partial charge in [-0.1, -0.05) is 43.0 Å². The van der Waals surface area contributed by atoms with Gasteiger partial charge in [-0.15, -0.1) is 0 Å². The van der Waals surface area contributed by atoms with E-state index < -0.39 is 5.25 Å². The number of benzene rings is 3. The number of ether oxygens (including phenoxy) is 4. The van der Waals surface area contributed by atoms with E-state index in [9.17, 15) is 14.4 Å². The molecule has 0 bridgehead atoms. The molecule has 1 aliphatic heterocycles. The van der Waals surface area contributed by atoms with Crippen molar-refractivity contribution in [3.05, 3.63) is 76.6 Å². The standard InChI is InChI=1S/C32H34N4O7S/c1-4-28(30(38)34-23-8-5-6-9-25(23)41-3)44-32-35-24-17-27-26(42-19-43-27)16-22(24)31(39)36(32)15-7-10-29(37)33-18-20-11-13-21(40-2)14-12-20/h5-6,8-9,11-14,16-17,28H,4,7,10,15,18-19H2,1-3H3,(H,33,37)(H,34,38). The molecule has 1 aromatic heterocycles. The van der Waals surface area contributed by atoms with E-state index in [1.54, 1.807) is 38.5 Å². The van der Waals surface area contributed by atoms with Crippen LogP contribution in [0.3, 0.4) is 0 Å². The van der Waals surface area contributed by atoms with Crippen LogP contribution in [-0.2, 0) is 22.7 Å². The summed E-state index contributed by atoms with van der Waals surface area (Å²) in [6, 6.07) is 17.9. The second-order valence-corrected chi connectivity index (χ2v) is 11.2. The Bertz CT molecular complexity index is 1710. The molecule has 11 nitrogen and oxygen atoms in total. The predicted octanol–water partition coefficient (Wildman–Crippen LogP) is 4.75. The maximum atomic E-state index is 13.8. The molecule has 0 spiro atoms. The quantitative estimate of drug-likeness (QED) is 0.161. The number of methoxy groups -OCH3 is 2. The number of hydrogen-bond donors (Lipinski definition) is 2. The van der Waals surface area contributed by atoms with Crippen LogP contribution in [0, 0.1) is 0 Å². The summed E-state index contributed by atoms with van der Waals surface area (Å²) >= 11 is 1.20. The molecule has 3 aromatic carbocycles. The summed E-state index contributed by atoms with van der Waals surface area (Å²) in [5.41, 5.74) is 1.66. The van der Waals surface area contributed by atoms with Crippen molar-refractivity contribution in [2.24, 2.45) is 0 Å². The number of anilines is 1. The van der Waals surface area contributed by atoms with Gasteiger partial charge in [0, 0.05) is 25.6 Å². The third kappa shape index (κ3) is 7.08. The van der Waals surface area contributed by atoms with Crippen LogP contribution >= 0.6 is 11.8 Å². The molecule has 5 rings (SSSR count). The van der Waals surface area contributed by atoms with E-state index in [1.807, 2.05) is 43.3 Å². The van der Waals surface area contributed by atoms with Gasteiger partial charge in [0.2, 0.25) is 18.6 Å². The number of aromatic nitrogens is 2. The summed E-state index contributed by atoms with van der Waals surface area (Å²) in [5.74, 6) is 1.89. The first kappa shape index (κ1) is 30.7. The molecular formula is C32H34N4O7S. The van der Waals surface area contributed by atoms with E-state index in [0.29, 0.717) is 58.4 Å². The van der Waals surface area contributed by atoms with Gasteiger partial charge in [-0.2, -0.15) is 0 Å². The molecular weight excluding hydrogens is 584 g/mol. The Kier molecular flexibility index (Phi) is 9.90. The van der Waals surface area contributed by atoms with Crippen molar-refractivity contribution in [3.8, 4) is 23.0 Å². The maximum absolute atomic E-state index is 13.8. The van der Waals surface area contributed by atoms with Gasteiger partial charge >= 0.3 is 0 Å². The first-order valence-corrected chi connectivity index (χ1v) is 15.1. The molecule has 12 heteroatoms. The lowest BCUT2D eigenvalue weighted by atomic mass is 10.2. The fourth-order valence-corrected chi connectivity index (χ4v) is 5.76. The number of carbonyl (C=O) groups excluding carboxylic acids is 2. The van der Waals surface area contributed by atoms with Crippen LogP contribution < -0.4 is 35.1 Å². The maximum Gasteiger partial charge on any atom is 0.262 e. The molecule has 2 heterocycles. The minimum absolute atomic E-state index is 0.0636. The molecule has 0 fully saturated rings. The summed E-state index contributed by atoms with van der Waals surface area (Å²) in [6.45, 7) is 2.58. The Morgan fingerprint density at radius 1 is 1.05 bits per heavy atom. The molecule has 0 radical (unpaired) electrons. The van der Waals surface area contributed by atoms with Gasteiger partial charge in [0.15, 0.2) is 16.7 Å². The Balaban J connectivity index is 1.34. The van der Waals surface area contributed by atoms with E-state index in [-0.39, 0.29) is 37.1 Å². The lowest BCUT2D eigenvalue weighted by molar-refractivity contribution is -0.121. The fraction of sp³-hybridized carbons (Fsp3) is 0.312. The van der Waals surface area contributed by atoms with Gasteiger partial charge in [0.1, 0.15) is 11.5 Å². The van der Waals surface area contributed by atoms with Gasteiger partial charge in [-0.3, -0.25) is 19.0 Å². The number of para-hydroxylation sites is 2. The van der Waals surface area contributed by atoms with E-state index in [0.717, 1.165) is 11.3 Å². The molecule has 0 saturated carbocycles. The molecule has 1 unspecified atom stereocenters. The van der Waals surface area contributed by atoms with E-state index >= 15 is 0 Å². The summed E-state index contributed by atoms with van der Waals surface area (Å²) in [4.78, 5) is 44.6. The Labute approximate surface area is 258 Å². The number of nitrogens with one attached hydrogen (secondary N) is 2. The second kappa shape index (κ2) is 14.2. The van der Waals surface area contributed by atoms with Gasteiger partial charge in [-0.05, 0) is 48.7 Å². The summed E-state index contributed by atoms with van der Waals surface area (Å²) in [6.07, 6.45) is 1.08. The van der Waals surface area contributed by atoms with Gasteiger partial charge in [-0.25, -0.2) is 4.98 Å². The molecule has 4 aromatic rings. The number of hydrogen-bond acceptors (Lipinski definition) is 9. The zero-order valence-corrected chi connectivity index (χ0v) is 25.6. The summed E-state index contributed by atoms with van der Waals surface area (Å²) < 4.78 is 23.1. The average Bonchev–Trinajstić information content (AvgIpc) is 3.51. The largest absolute Gasteiger partial charge is 0.497 e. The molecule has 2 N–H and O–H groups in total. The lowest BCUT2D eigenvalue weighted by Gasteiger charge is -2.19. The highest BCUT2D eigenvalue weighted by atomic mass is 32.2. The second-order valence-electron chi connectivity index (χ2n) is 10.0. The van der Waals surface area contributed by atoms with Crippen LogP contribution in [0.15, 0.2) is 70.6 Å². The molecule has 44 heavy (non-hydrogen) atoms. The molecule has 0 aliphatic carbocycles. The van der Waals surface area contributed by atoms with Crippen molar-refractivity contribution < 1.29 is 28.5 Å². The van der Waals surface area contributed by atoms with Crippen molar-refractivity contribution in [3.63, 3.8) is 0 Å². The predicted molar refractivity (Wildman–Crippen MR) is 168 cm³/mol. The van der Waals surface area contributed by atoms with E-state index in [1.165, 1.54) is 16.3 Å². The highest BCUT2D eigenvalue weighted by Crippen LogP contribution is 2.36. The Morgan fingerprint density at radius 2 is 1.80 bits per heavy atom. The number of carbonyl (C=O) groups is 2. The van der Waals surface area contributed by atoms with Crippen molar-refractivity contribution in [1.29, 1.82) is 0 Å². The van der Waals surface area contributed by atoms with E-state index in [2.05, 4.69) is 10.6 Å². The SMILES string of the molecule is CCC(Sc1nc2cc3c(cc2c(=O)n1CCCC(=O)NCc1ccc(OC)cc1)OCO3)C(=O)Nc1ccccc1OC. The van der Waals surface area contributed by atoms with Crippen molar-refractivity contribution in [1.82, 2.24) is 14.9 Å². The minimum Gasteiger partial charge on any atom is -0.497 e. The number of fused-ring (bicyclic) bond motifs is 2. The van der Waals surface area contributed by atoms with Crippen LogP contribution in [-0.4, -0.2) is 47.6 Å².